The summed E-state index contributed by atoms with van der Waals surface area (Å²) in [5, 5.41) is 3.61. The van der Waals surface area contributed by atoms with Crippen LogP contribution in [0.3, 0.4) is 0 Å². The van der Waals surface area contributed by atoms with E-state index in [0.29, 0.717) is 6.54 Å². The van der Waals surface area contributed by atoms with Gasteiger partial charge in [0.15, 0.2) is 0 Å². The summed E-state index contributed by atoms with van der Waals surface area (Å²) >= 11 is 1.64. The van der Waals surface area contributed by atoms with Crippen LogP contribution < -0.4 is 5.32 Å². The Balaban J connectivity index is 1.47. The van der Waals surface area contributed by atoms with E-state index < -0.39 is 11.6 Å². The monoisotopic (exact) mass is 400 g/mol. The summed E-state index contributed by atoms with van der Waals surface area (Å²) in [5.74, 6) is -0.319. The number of likely N-dealkylation sites (tertiary alicyclic amines) is 1. The van der Waals surface area contributed by atoms with Gasteiger partial charge in [0.25, 0.3) is 5.91 Å². The Labute approximate surface area is 167 Å². The molecule has 1 atom stereocenters. The second-order valence-electron chi connectivity index (χ2n) is 7.88. The third-order valence-electron chi connectivity index (χ3n) is 5.41. The predicted octanol–water partition coefficient (Wildman–Crippen LogP) is 3.07. The third kappa shape index (κ3) is 3.37. The maximum atomic E-state index is 13.0. The van der Waals surface area contributed by atoms with E-state index in [-0.39, 0.29) is 30.8 Å². The van der Waals surface area contributed by atoms with Gasteiger partial charge in [-0.3, -0.25) is 14.5 Å². The van der Waals surface area contributed by atoms with Gasteiger partial charge in [0.2, 0.25) is 5.91 Å². The molecule has 28 heavy (non-hydrogen) atoms. The number of imide groups is 1. The highest BCUT2D eigenvalue weighted by molar-refractivity contribution is 7.18. The first-order valence-electron chi connectivity index (χ1n) is 9.66. The van der Waals surface area contributed by atoms with Gasteiger partial charge in [-0.05, 0) is 45.2 Å². The maximum absolute atomic E-state index is 13.0. The molecule has 0 radical (unpaired) electrons. The van der Waals surface area contributed by atoms with E-state index in [9.17, 15) is 14.4 Å². The molecule has 2 aromatic rings. The zero-order valence-electron chi connectivity index (χ0n) is 16.1. The van der Waals surface area contributed by atoms with E-state index in [1.165, 1.54) is 0 Å². The van der Waals surface area contributed by atoms with Crippen LogP contribution in [-0.4, -0.2) is 51.3 Å². The number of hydrogen-bond acceptors (Lipinski definition) is 5. The molecule has 0 spiro atoms. The fourth-order valence-corrected chi connectivity index (χ4v) is 5.01. The number of nitrogens with one attached hydrogen (secondary N) is 1. The number of para-hydroxylation sites is 1. The fourth-order valence-electron chi connectivity index (χ4n) is 3.89. The van der Waals surface area contributed by atoms with Crippen molar-refractivity contribution in [2.75, 3.05) is 13.1 Å². The third-order valence-corrected chi connectivity index (χ3v) is 6.55. The Morgan fingerprint density at radius 3 is 2.79 bits per heavy atom. The number of thiazole rings is 1. The molecule has 1 aromatic carbocycles. The van der Waals surface area contributed by atoms with Crippen LogP contribution >= 0.6 is 11.3 Å². The Hall–Kier alpha value is -2.48. The van der Waals surface area contributed by atoms with Crippen molar-refractivity contribution in [1.29, 1.82) is 0 Å². The summed E-state index contributed by atoms with van der Waals surface area (Å²) in [6.45, 7) is 4.13. The average molecular weight is 401 g/mol. The molecule has 8 heteroatoms. The molecule has 4 amide bonds. The van der Waals surface area contributed by atoms with Gasteiger partial charge in [-0.25, -0.2) is 9.78 Å². The van der Waals surface area contributed by atoms with Gasteiger partial charge in [0, 0.05) is 19.5 Å². The number of hydrogen-bond donors (Lipinski definition) is 1. The van der Waals surface area contributed by atoms with Crippen LogP contribution in [0.25, 0.3) is 10.2 Å². The quantitative estimate of drug-likeness (QED) is 0.800. The molecule has 7 nitrogen and oxygen atoms in total. The summed E-state index contributed by atoms with van der Waals surface area (Å²) in [6.07, 6.45) is 3.05. The van der Waals surface area contributed by atoms with Crippen molar-refractivity contribution < 1.29 is 14.4 Å². The number of carbonyl (C=O) groups is 3. The molecular formula is C20H24N4O3S. The smallest absolute Gasteiger partial charge is 0.325 e. The number of piperidine rings is 1. The summed E-state index contributed by atoms with van der Waals surface area (Å²) in [4.78, 5) is 45.1. The lowest BCUT2D eigenvalue weighted by Crippen LogP contribution is -2.42. The predicted molar refractivity (Wildman–Crippen MR) is 107 cm³/mol. The van der Waals surface area contributed by atoms with Gasteiger partial charge in [0.05, 0.1) is 16.3 Å². The molecule has 0 bridgehead atoms. The summed E-state index contributed by atoms with van der Waals surface area (Å²) < 4.78 is 1.12. The zero-order valence-corrected chi connectivity index (χ0v) is 16.9. The van der Waals surface area contributed by atoms with Crippen LogP contribution in [0.4, 0.5) is 4.79 Å². The van der Waals surface area contributed by atoms with Gasteiger partial charge < -0.3 is 10.2 Å². The highest BCUT2D eigenvalue weighted by Gasteiger charge is 2.44. The molecule has 1 N–H and O–H groups in total. The van der Waals surface area contributed by atoms with E-state index >= 15 is 0 Å². The van der Waals surface area contributed by atoms with Crippen LogP contribution in [0.5, 0.6) is 0 Å². The molecule has 2 fully saturated rings. The first-order chi connectivity index (χ1) is 13.4. The largest absolute Gasteiger partial charge is 0.333 e. The summed E-state index contributed by atoms with van der Waals surface area (Å²) in [7, 11) is 0. The molecule has 2 aliphatic heterocycles. The number of carbonyl (C=O) groups excluding carboxylic acids is 3. The lowest BCUT2D eigenvalue weighted by atomic mass is 10.0. The molecule has 3 heterocycles. The van der Waals surface area contributed by atoms with Crippen molar-refractivity contribution in [3.63, 3.8) is 0 Å². The van der Waals surface area contributed by atoms with Crippen molar-refractivity contribution in [2.45, 2.75) is 51.1 Å². The molecule has 1 aromatic heterocycles. The van der Waals surface area contributed by atoms with Gasteiger partial charge in [0.1, 0.15) is 10.5 Å². The van der Waals surface area contributed by atoms with Crippen molar-refractivity contribution in [3.8, 4) is 0 Å². The standard InChI is InChI=1S/C20H24N4O3S/c1-20(2)18(26)24(19(27)22-20)12-10-16(25)23-11-6-5-8-14(23)17-21-13-7-3-4-9-15(13)28-17/h3-4,7,9,14H,5-6,8,10-12H2,1-2H3,(H,22,27)/t14-/m0/s1. The molecular weight excluding hydrogens is 376 g/mol. The number of nitrogens with zero attached hydrogens (tertiary/aromatic N) is 3. The van der Waals surface area contributed by atoms with E-state index in [4.69, 9.17) is 4.98 Å². The van der Waals surface area contributed by atoms with Crippen LogP contribution in [0.1, 0.15) is 50.6 Å². The normalized spacial score (nSPS) is 22.0. The van der Waals surface area contributed by atoms with E-state index in [2.05, 4.69) is 5.32 Å². The molecule has 0 unspecified atom stereocenters. The van der Waals surface area contributed by atoms with Gasteiger partial charge in [-0.15, -0.1) is 11.3 Å². The number of rotatable bonds is 4. The number of amides is 4. The van der Waals surface area contributed by atoms with Crippen LogP contribution in [-0.2, 0) is 9.59 Å². The summed E-state index contributed by atoms with van der Waals surface area (Å²) in [5.41, 5.74) is 0.0523. The minimum Gasteiger partial charge on any atom is -0.333 e. The highest BCUT2D eigenvalue weighted by Crippen LogP contribution is 2.36. The van der Waals surface area contributed by atoms with Crippen molar-refractivity contribution >= 4 is 39.4 Å². The second kappa shape index (κ2) is 7.16. The van der Waals surface area contributed by atoms with Crippen molar-refractivity contribution in [3.05, 3.63) is 29.3 Å². The maximum Gasteiger partial charge on any atom is 0.325 e. The first-order valence-corrected chi connectivity index (χ1v) is 10.5. The van der Waals surface area contributed by atoms with Crippen LogP contribution in [0.2, 0.25) is 0 Å². The minimum atomic E-state index is -0.908. The molecule has 148 valence electrons. The Bertz CT molecular complexity index is 905. The van der Waals surface area contributed by atoms with Gasteiger partial charge >= 0.3 is 6.03 Å². The molecule has 2 saturated heterocycles. The van der Waals surface area contributed by atoms with Crippen molar-refractivity contribution in [2.24, 2.45) is 0 Å². The first kappa shape index (κ1) is 18.9. The Morgan fingerprint density at radius 2 is 2.07 bits per heavy atom. The number of fused-ring (bicyclic) bond motifs is 1. The summed E-state index contributed by atoms with van der Waals surface area (Å²) in [6, 6.07) is 7.54. The molecule has 0 saturated carbocycles. The Kier molecular flexibility index (Phi) is 4.82. The molecule has 4 rings (SSSR count). The van der Waals surface area contributed by atoms with E-state index in [1.807, 2.05) is 29.2 Å². The second-order valence-corrected chi connectivity index (χ2v) is 8.94. The highest BCUT2D eigenvalue weighted by atomic mass is 32.1. The minimum absolute atomic E-state index is 0.0294. The fraction of sp³-hybridized carbons (Fsp3) is 0.500. The Morgan fingerprint density at radius 1 is 1.29 bits per heavy atom. The van der Waals surface area contributed by atoms with Gasteiger partial charge in [-0.1, -0.05) is 12.1 Å². The van der Waals surface area contributed by atoms with Crippen LogP contribution in [0, 0.1) is 0 Å². The number of aromatic nitrogens is 1. The van der Waals surface area contributed by atoms with Crippen molar-refractivity contribution in [1.82, 2.24) is 20.1 Å². The molecule has 0 aliphatic carbocycles. The average Bonchev–Trinajstić information content (AvgIpc) is 3.19. The lowest BCUT2D eigenvalue weighted by molar-refractivity contribution is -0.136. The SMILES string of the molecule is CC1(C)NC(=O)N(CCC(=O)N2CCCC[C@H]2c2nc3ccccc3s2)C1=O. The zero-order chi connectivity index (χ0) is 19.9. The number of urea groups is 1. The van der Waals surface area contributed by atoms with Gasteiger partial charge in [-0.2, -0.15) is 0 Å². The topological polar surface area (TPSA) is 82.6 Å². The molecule has 2 aliphatic rings. The van der Waals surface area contributed by atoms with E-state index in [0.717, 1.165) is 39.4 Å². The lowest BCUT2D eigenvalue weighted by Gasteiger charge is -2.35. The van der Waals surface area contributed by atoms with E-state index in [1.54, 1.807) is 25.2 Å². The number of benzene rings is 1. The van der Waals surface area contributed by atoms with Crippen LogP contribution in [0.15, 0.2) is 24.3 Å².